The van der Waals surface area contributed by atoms with Gasteiger partial charge in [-0.1, -0.05) is 12.1 Å². The zero-order valence-corrected chi connectivity index (χ0v) is 12.5. The molecule has 0 aliphatic carbocycles. The largest absolute Gasteiger partial charge is 0.368 e. The Bertz CT molecular complexity index is 792. The van der Waals surface area contributed by atoms with Crippen molar-refractivity contribution in [2.45, 2.75) is 20.8 Å². The number of aromatic nitrogens is 2. The van der Waals surface area contributed by atoms with Gasteiger partial charge in [-0.2, -0.15) is 4.98 Å². The smallest absolute Gasteiger partial charge is 0.223 e. The van der Waals surface area contributed by atoms with E-state index in [4.69, 9.17) is 5.73 Å². The predicted octanol–water partition coefficient (Wildman–Crippen LogP) is 3.94. The molecule has 0 saturated carbocycles. The lowest BCUT2D eigenvalue weighted by atomic mass is 10.1. The lowest BCUT2D eigenvalue weighted by molar-refractivity contribution is 1.24. The van der Waals surface area contributed by atoms with Crippen molar-refractivity contribution in [2.75, 3.05) is 11.1 Å². The summed E-state index contributed by atoms with van der Waals surface area (Å²) in [6, 6.07) is 8.27. The van der Waals surface area contributed by atoms with Crippen LogP contribution in [0.4, 0.5) is 17.5 Å². The molecule has 0 fully saturated rings. The van der Waals surface area contributed by atoms with E-state index in [0.29, 0.717) is 5.95 Å². The molecule has 0 unspecified atom stereocenters. The highest BCUT2D eigenvalue weighted by Crippen LogP contribution is 2.31. The molecule has 3 N–H and O–H groups in total. The number of thiophene rings is 1. The summed E-state index contributed by atoms with van der Waals surface area (Å²) in [5.41, 5.74) is 9.31. The van der Waals surface area contributed by atoms with Crippen LogP contribution in [0.2, 0.25) is 0 Å². The minimum Gasteiger partial charge on any atom is -0.368 e. The maximum atomic E-state index is 5.80. The van der Waals surface area contributed by atoms with Gasteiger partial charge in [-0.3, -0.25) is 0 Å². The second kappa shape index (κ2) is 4.76. The zero-order valence-electron chi connectivity index (χ0n) is 11.7. The van der Waals surface area contributed by atoms with Gasteiger partial charge in [-0.15, -0.1) is 11.3 Å². The van der Waals surface area contributed by atoms with E-state index in [-0.39, 0.29) is 0 Å². The molecule has 2 aromatic heterocycles. The van der Waals surface area contributed by atoms with Crippen LogP contribution in [0, 0.1) is 20.8 Å². The van der Waals surface area contributed by atoms with Crippen molar-refractivity contribution in [3.63, 3.8) is 0 Å². The number of anilines is 3. The fraction of sp³-hybridized carbons (Fsp3) is 0.200. The molecule has 0 bridgehead atoms. The summed E-state index contributed by atoms with van der Waals surface area (Å²) in [6.07, 6.45) is 0. The Morgan fingerprint density at radius 3 is 2.75 bits per heavy atom. The zero-order chi connectivity index (χ0) is 14.3. The normalized spacial score (nSPS) is 10.9. The van der Waals surface area contributed by atoms with Gasteiger partial charge in [0.25, 0.3) is 0 Å². The highest BCUT2D eigenvalue weighted by molar-refractivity contribution is 7.18. The van der Waals surface area contributed by atoms with Crippen LogP contribution >= 0.6 is 11.3 Å². The fourth-order valence-electron chi connectivity index (χ4n) is 2.17. The SMILES string of the molecule is Cc1cc2c(Nc3cccc(C)c3C)nc(N)nc2s1. The molecule has 0 radical (unpaired) electrons. The third-order valence-electron chi connectivity index (χ3n) is 3.39. The number of hydrogen-bond acceptors (Lipinski definition) is 5. The summed E-state index contributed by atoms with van der Waals surface area (Å²) in [6.45, 7) is 6.25. The second-order valence-corrected chi connectivity index (χ2v) is 6.11. The number of rotatable bonds is 2. The summed E-state index contributed by atoms with van der Waals surface area (Å²) in [4.78, 5) is 10.7. The van der Waals surface area contributed by atoms with Crippen molar-refractivity contribution in [1.82, 2.24) is 9.97 Å². The van der Waals surface area contributed by atoms with E-state index in [0.717, 1.165) is 21.7 Å². The van der Waals surface area contributed by atoms with Crippen molar-refractivity contribution >= 4 is 39.0 Å². The molecule has 1 aromatic carbocycles. The first-order chi connectivity index (χ1) is 9.54. The van der Waals surface area contributed by atoms with E-state index in [1.165, 1.54) is 16.0 Å². The summed E-state index contributed by atoms with van der Waals surface area (Å²) in [5.74, 6) is 1.07. The Morgan fingerprint density at radius 1 is 1.15 bits per heavy atom. The van der Waals surface area contributed by atoms with E-state index in [2.05, 4.69) is 48.2 Å². The van der Waals surface area contributed by atoms with Crippen LogP contribution < -0.4 is 11.1 Å². The number of hydrogen-bond donors (Lipinski definition) is 2. The molecular weight excluding hydrogens is 268 g/mol. The topological polar surface area (TPSA) is 63.8 Å². The molecule has 3 rings (SSSR count). The standard InChI is InChI=1S/C15H16N4S/c1-8-5-4-6-12(10(8)3)17-13-11-7-9(2)20-14(11)19-15(16)18-13/h4-7H,1-3H3,(H3,16,17,18,19). The van der Waals surface area contributed by atoms with Crippen LogP contribution in [0.5, 0.6) is 0 Å². The van der Waals surface area contributed by atoms with Gasteiger partial charge in [0.15, 0.2) is 0 Å². The number of nitrogens with one attached hydrogen (secondary N) is 1. The van der Waals surface area contributed by atoms with Crippen LogP contribution in [0.25, 0.3) is 10.2 Å². The highest BCUT2D eigenvalue weighted by Gasteiger charge is 2.10. The molecule has 102 valence electrons. The first-order valence-electron chi connectivity index (χ1n) is 6.41. The molecule has 0 saturated heterocycles. The number of fused-ring (bicyclic) bond motifs is 1. The predicted molar refractivity (Wildman–Crippen MR) is 85.8 cm³/mol. The number of nitrogen functional groups attached to an aromatic ring is 1. The average Bonchev–Trinajstić information content (AvgIpc) is 2.75. The van der Waals surface area contributed by atoms with Gasteiger partial charge in [0, 0.05) is 10.6 Å². The van der Waals surface area contributed by atoms with E-state index in [1.54, 1.807) is 11.3 Å². The third-order valence-corrected chi connectivity index (χ3v) is 4.34. The van der Waals surface area contributed by atoms with Crippen LogP contribution in [-0.4, -0.2) is 9.97 Å². The van der Waals surface area contributed by atoms with Crippen molar-refractivity contribution in [2.24, 2.45) is 0 Å². The van der Waals surface area contributed by atoms with E-state index >= 15 is 0 Å². The molecule has 5 heteroatoms. The van der Waals surface area contributed by atoms with E-state index in [1.807, 2.05) is 12.1 Å². The Labute approximate surface area is 121 Å². The van der Waals surface area contributed by atoms with E-state index < -0.39 is 0 Å². The molecule has 4 nitrogen and oxygen atoms in total. The molecule has 0 aliphatic rings. The molecule has 0 spiro atoms. The number of aryl methyl sites for hydroxylation is 2. The Hall–Kier alpha value is -2.14. The van der Waals surface area contributed by atoms with Gasteiger partial charge in [0.2, 0.25) is 5.95 Å². The first-order valence-corrected chi connectivity index (χ1v) is 7.23. The van der Waals surface area contributed by atoms with Crippen molar-refractivity contribution in [3.8, 4) is 0 Å². The van der Waals surface area contributed by atoms with Gasteiger partial charge in [0.05, 0.1) is 5.39 Å². The third kappa shape index (κ3) is 2.20. The minimum absolute atomic E-state index is 0.298. The van der Waals surface area contributed by atoms with Gasteiger partial charge in [-0.05, 0) is 44.0 Å². The number of nitrogens with zero attached hydrogens (tertiary/aromatic N) is 2. The summed E-state index contributed by atoms with van der Waals surface area (Å²) < 4.78 is 0. The Balaban J connectivity index is 2.12. The molecule has 3 aromatic rings. The molecule has 2 heterocycles. The lowest BCUT2D eigenvalue weighted by Gasteiger charge is -2.11. The summed E-state index contributed by atoms with van der Waals surface area (Å²) in [7, 11) is 0. The van der Waals surface area contributed by atoms with Crippen LogP contribution in [0.15, 0.2) is 24.3 Å². The minimum atomic E-state index is 0.298. The maximum absolute atomic E-state index is 5.80. The summed E-state index contributed by atoms with van der Waals surface area (Å²) in [5, 5.41) is 4.40. The first kappa shape index (κ1) is 12.9. The van der Waals surface area contributed by atoms with E-state index in [9.17, 15) is 0 Å². The fourth-order valence-corrected chi connectivity index (χ4v) is 3.05. The molecule has 0 amide bonds. The molecule has 20 heavy (non-hydrogen) atoms. The molecule has 0 atom stereocenters. The van der Waals surface area contributed by atoms with Gasteiger partial charge in [0.1, 0.15) is 10.6 Å². The molecule has 0 aliphatic heterocycles. The Kier molecular flexibility index (Phi) is 3.06. The van der Waals surface area contributed by atoms with Gasteiger partial charge in [-0.25, -0.2) is 4.98 Å². The van der Waals surface area contributed by atoms with Crippen LogP contribution in [0.3, 0.4) is 0 Å². The molecular formula is C15H16N4S. The Morgan fingerprint density at radius 2 is 1.95 bits per heavy atom. The second-order valence-electron chi connectivity index (χ2n) is 4.88. The maximum Gasteiger partial charge on any atom is 0.223 e. The monoisotopic (exact) mass is 284 g/mol. The van der Waals surface area contributed by atoms with Crippen molar-refractivity contribution < 1.29 is 0 Å². The van der Waals surface area contributed by atoms with Crippen LogP contribution in [-0.2, 0) is 0 Å². The quantitative estimate of drug-likeness (QED) is 0.748. The van der Waals surface area contributed by atoms with Crippen molar-refractivity contribution in [3.05, 3.63) is 40.3 Å². The summed E-state index contributed by atoms with van der Waals surface area (Å²) >= 11 is 1.63. The lowest BCUT2D eigenvalue weighted by Crippen LogP contribution is -2.01. The number of benzene rings is 1. The number of nitrogens with two attached hydrogens (primary N) is 1. The van der Waals surface area contributed by atoms with Crippen LogP contribution in [0.1, 0.15) is 16.0 Å². The van der Waals surface area contributed by atoms with Gasteiger partial charge < -0.3 is 11.1 Å². The average molecular weight is 284 g/mol. The van der Waals surface area contributed by atoms with Crippen molar-refractivity contribution in [1.29, 1.82) is 0 Å². The highest BCUT2D eigenvalue weighted by atomic mass is 32.1. The van der Waals surface area contributed by atoms with Gasteiger partial charge >= 0.3 is 0 Å².